The molecule has 0 aromatic heterocycles. The number of rotatable bonds is 4. The molecule has 1 aliphatic heterocycles. The second-order valence-electron chi connectivity index (χ2n) is 5.21. The molecule has 2 atom stereocenters. The van der Waals surface area contributed by atoms with E-state index in [-0.39, 0.29) is 5.92 Å². The van der Waals surface area contributed by atoms with Gasteiger partial charge in [0.1, 0.15) is 12.4 Å². The van der Waals surface area contributed by atoms with Crippen molar-refractivity contribution in [2.75, 3.05) is 19.8 Å². The van der Waals surface area contributed by atoms with Gasteiger partial charge < -0.3 is 14.6 Å². The highest BCUT2D eigenvalue weighted by atomic mass is 16.5. The van der Waals surface area contributed by atoms with E-state index >= 15 is 0 Å². The third-order valence-electron chi connectivity index (χ3n) is 3.68. The second-order valence-corrected chi connectivity index (χ2v) is 5.21. The van der Waals surface area contributed by atoms with Crippen molar-refractivity contribution in [1.29, 1.82) is 0 Å². The first-order chi connectivity index (χ1) is 8.58. The van der Waals surface area contributed by atoms with Crippen molar-refractivity contribution in [3.63, 3.8) is 0 Å². The van der Waals surface area contributed by atoms with E-state index in [9.17, 15) is 5.11 Å². The van der Waals surface area contributed by atoms with Crippen LogP contribution in [-0.2, 0) is 4.74 Å². The first-order valence-corrected chi connectivity index (χ1v) is 6.54. The van der Waals surface area contributed by atoms with Crippen LogP contribution in [0, 0.1) is 26.7 Å². The summed E-state index contributed by atoms with van der Waals surface area (Å²) in [6, 6.07) is 4.17. The normalized spacial score (nSPS) is 21.0. The van der Waals surface area contributed by atoms with Crippen LogP contribution in [0.1, 0.15) is 23.1 Å². The van der Waals surface area contributed by atoms with E-state index < -0.39 is 6.10 Å². The fourth-order valence-corrected chi connectivity index (χ4v) is 2.32. The molecule has 0 bridgehead atoms. The zero-order chi connectivity index (χ0) is 13.1. The summed E-state index contributed by atoms with van der Waals surface area (Å²) in [5, 5.41) is 10.0. The molecule has 1 aliphatic rings. The maximum atomic E-state index is 10.0. The number of hydrogen-bond acceptors (Lipinski definition) is 3. The van der Waals surface area contributed by atoms with Crippen molar-refractivity contribution in [2.45, 2.75) is 33.3 Å². The standard InChI is InChI=1S/C15H22O3/c1-10-6-11(2)12(3)15(7-10)18-9-14(16)13-4-5-17-8-13/h6-7,13-14,16H,4-5,8-9H2,1-3H3. The molecule has 0 aliphatic carbocycles. The predicted octanol–water partition coefficient (Wildman–Crippen LogP) is 2.39. The molecule has 3 heteroatoms. The lowest BCUT2D eigenvalue weighted by molar-refractivity contribution is 0.0497. The molecule has 1 aromatic carbocycles. The van der Waals surface area contributed by atoms with E-state index in [2.05, 4.69) is 26.8 Å². The van der Waals surface area contributed by atoms with Crippen LogP contribution >= 0.6 is 0 Å². The Labute approximate surface area is 109 Å². The summed E-state index contributed by atoms with van der Waals surface area (Å²) < 4.78 is 11.0. The molecule has 2 rings (SSSR count). The molecule has 18 heavy (non-hydrogen) atoms. The van der Waals surface area contributed by atoms with Gasteiger partial charge in [0.05, 0.1) is 12.7 Å². The molecule has 1 fully saturated rings. The number of benzene rings is 1. The molecule has 0 spiro atoms. The molecule has 1 N–H and O–H groups in total. The van der Waals surface area contributed by atoms with Gasteiger partial charge in [0, 0.05) is 12.5 Å². The van der Waals surface area contributed by atoms with E-state index in [1.807, 2.05) is 6.07 Å². The number of aryl methyl sites for hydroxylation is 2. The zero-order valence-corrected chi connectivity index (χ0v) is 11.4. The van der Waals surface area contributed by atoms with Gasteiger partial charge in [-0.25, -0.2) is 0 Å². The van der Waals surface area contributed by atoms with Crippen molar-refractivity contribution < 1.29 is 14.6 Å². The monoisotopic (exact) mass is 250 g/mol. The van der Waals surface area contributed by atoms with Crippen LogP contribution < -0.4 is 4.74 Å². The maximum absolute atomic E-state index is 10.0. The minimum Gasteiger partial charge on any atom is -0.491 e. The number of aliphatic hydroxyl groups is 1. The van der Waals surface area contributed by atoms with Crippen molar-refractivity contribution in [3.05, 3.63) is 28.8 Å². The third kappa shape index (κ3) is 3.03. The van der Waals surface area contributed by atoms with Crippen LogP contribution in [0.5, 0.6) is 5.75 Å². The summed E-state index contributed by atoms with van der Waals surface area (Å²) in [6.45, 7) is 7.94. The van der Waals surface area contributed by atoms with Gasteiger partial charge in [-0.15, -0.1) is 0 Å². The van der Waals surface area contributed by atoms with E-state index in [1.54, 1.807) is 0 Å². The highest BCUT2D eigenvalue weighted by Crippen LogP contribution is 2.24. The smallest absolute Gasteiger partial charge is 0.122 e. The first kappa shape index (κ1) is 13.4. The Bertz CT molecular complexity index is 408. The summed E-state index contributed by atoms with van der Waals surface area (Å²) in [4.78, 5) is 0. The zero-order valence-electron chi connectivity index (χ0n) is 11.4. The maximum Gasteiger partial charge on any atom is 0.122 e. The summed E-state index contributed by atoms with van der Waals surface area (Å²) in [6.07, 6.45) is 0.490. The van der Waals surface area contributed by atoms with E-state index in [4.69, 9.17) is 9.47 Å². The first-order valence-electron chi connectivity index (χ1n) is 6.54. The van der Waals surface area contributed by atoms with Crippen LogP contribution in [0.15, 0.2) is 12.1 Å². The van der Waals surface area contributed by atoms with Gasteiger partial charge in [0.2, 0.25) is 0 Å². The molecule has 2 unspecified atom stereocenters. The van der Waals surface area contributed by atoms with Crippen LogP contribution in [-0.4, -0.2) is 31.0 Å². The summed E-state index contributed by atoms with van der Waals surface area (Å²) in [5.41, 5.74) is 3.56. The van der Waals surface area contributed by atoms with E-state index in [0.29, 0.717) is 13.2 Å². The number of aliphatic hydroxyl groups excluding tert-OH is 1. The van der Waals surface area contributed by atoms with Crippen LogP contribution in [0.4, 0.5) is 0 Å². The van der Waals surface area contributed by atoms with Gasteiger partial charge in [-0.2, -0.15) is 0 Å². The lowest BCUT2D eigenvalue weighted by Gasteiger charge is -2.19. The summed E-state index contributed by atoms with van der Waals surface area (Å²) in [7, 11) is 0. The summed E-state index contributed by atoms with van der Waals surface area (Å²) in [5.74, 6) is 1.10. The Hall–Kier alpha value is -1.06. The predicted molar refractivity (Wildman–Crippen MR) is 71.1 cm³/mol. The van der Waals surface area contributed by atoms with Crippen molar-refractivity contribution in [2.24, 2.45) is 5.92 Å². The van der Waals surface area contributed by atoms with Gasteiger partial charge in [0.25, 0.3) is 0 Å². The molecule has 1 heterocycles. The molecular weight excluding hydrogens is 228 g/mol. The number of hydrogen-bond donors (Lipinski definition) is 1. The van der Waals surface area contributed by atoms with E-state index in [1.165, 1.54) is 11.1 Å². The Morgan fingerprint density at radius 1 is 1.39 bits per heavy atom. The largest absolute Gasteiger partial charge is 0.491 e. The molecule has 0 saturated carbocycles. The van der Waals surface area contributed by atoms with Gasteiger partial charge in [-0.1, -0.05) is 6.07 Å². The van der Waals surface area contributed by atoms with Gasteiger partial charge in [0.15, 0.2) is 0 Å². The Morgan fingerprint density at radius 2 is 2.17 bits per heavy atom. The highest BCUT2D eigenvalue weighted by Gasteiger charge is 2.24. The second kappa shape index (κ2) is 5.72. The summed E-state index contributed by atoms with van der Waals surface area (Å²) >= 11 is 0. The average molecular weight is 250 g/mol. The molecule has 1 aromatic rings. The Kier molecular flexibility index (Phi) is 4.25. The molecule has 0 amide bonds. The van der Waals surface area contributed by atoms with Gasteiger partial charge in [-0.05, 0) is 49.9 Å². The number of ether oxygens (including phenoxy) is 2. The molecule has 0 radical (unpaired) electrons. The fraction of sp³-hybridized carbons (Fsp3) is 0.600. The molecule has 100 valence electrons. The molecule has 1 saturated heterocycles. The van der Waals surface area contributed by atoms with Crippen molar-refractivity contribution in [3.8, 4) is 5.75 Å². The van der Waals surface area contributed by atoms with Gasteiger partial charge >= 0.3 is 0 Å². The van der Waals surface area contributed by atoms with E-state index in [0.717, 1.165) is 24.3 Å². The SMILES string of the molecule is Cc1cc(C)c(C)c(OCC(O)C2CCOC2)c1. The Morgan fingerprint density at radius 3 is 2.83 bits per heavy atom. The highest BCUT2D eigenvalue weighted by molar-refractivity contribution is 5.41. The molecule has 3 nitrogen and oxygen atoms in total. The quantitative estimate of drug-likeness (QED) is 0.891. The van der Waals surface area contributed by atoms with Crippen LogP contribution in [0.3, 0.4) is 0 Å². The third-order valence-corrected chi connectivity index (χ3v) is 3.68. The van der Waals surface area contributed by atoms with Crippen LogP contribution in [0.25, 0.3) is 0 Å². The lowest BCUT2D eigenvalue weighted by Crippen LogP contribution is -2.27. The van der Waals surface area contributed by atoms with Crippen LogP contribution in [0.2, 0.25) is 0 Å². The lowest BCUT2D eigenvalue weighted by atomic mass is 10.0. The topological polar surface area (TPSA) is 38.7 Å². The van der Waals surface area contributed by atoms with Crippen molar-refractivity contribution in [1.82, 2.24) is 0 Å². The van der Waals surface area contributed by atoms with Crippen molar-refractivity contribution >= 4 is 0 Å². The minimum absolute atomic E-state index is 0.219. The van der Waals surface area contributed by atoms with Gasteiger partial charge in [-0.3, -0.25) is 0 Å². The minimum atomic E-state index is -0.437. The Balaban J connectivity index is 1.97. The average Bonchev–Trinajstić information content (AvgIpc) is 2.85. The fourth-order valence-electron chi connectivity index (χ4n) is 2.32. The molecular formula is C15H22O3.